The van der Waals surface area contributed by atoms with E-state index in [1.54, 1.807) is 55.5 Å². The van der Waals surface area contributed by atoms with Crippen LogP contribution in [0.1, 0.15) is 11.1 Å². The van der Waals surface area contributed by atoms with Crippen LogP contribution in [0.15, 0.2) is 71.2 Å². The molecule has 0 aliphatic carbocycles. The zero-order valence-corrected chi connectivity index (χ0v) is 16.2. The fourth-order valence-corrected chi connectivity index (χ4v) is 3.07. The van der Waals surface area contributed by atoms with Crippen LogP contribution in [-0.4, -0.2) is 11.1 Å². The predicted octanol–water partition coefficient (Wildman–Crippen LogP) is 5.84. The van der Waals surface area contributed by atoms with Gasteiger partial charge in [0, 0.05) is 15.7 Å². The van der Waals surface area contributed by atoms with E-state index in [0.29, 0.717) is 11.3 Å². The third-order valence-electron chi connectivity index (χ3n) is 4.03. The molecule has 0 heterocycles. The number of para-hydroxylation sites is 1. The van der Waals surface area contributed by atoms with E-state index < -0.39 is 11.8 Å². The van der Waals surface area contributed by atoms with E-state index in [1.165, 1.54) is 17.0 Å². The molecule has 0 aliphatic heterocycles. The van der Waals surface area contributed by atoms with Gasteiger partial charge in [0.05, 0.1) is 12.2 Å². The summed E-state index contributed by atoms with van der Waals surface area (Å²) >= 11 is 3.35. The van der Waals surface area contributed by atoms with Crippen molar-refractivity contribution in [3.8, 4) is 5.75 Å². The Bertz CT molecular complexity index is 964. The number of hydrogen-bond donors (Lipinski definition) is 2. The van der Waals surface area contributed by atoms with Crippen molar-refractivity contribution in [2.24, 2.45) is 0 Å². The number of anilines is 2. The molecular formula is C21H18BrFN2O2. The van der Waals surface area contributed by atoms with Crippen LogP contribution >= 0.6 is 15.9 Å². The van der Waals surface area contributed by atoms with Crippen molar-refractivity contribution < 1.29 is 14.3 Å². The van der Waals surface area contributed by atoms with E-state index in [0.717, 1.165) is 10.0 Å². The van der Waals surface area contributed by atoms with Crippen molar-refractivity contribution in [2.45, 2.75) is 13.5 Å². The maximum absolute atomic E-state index is 14.6. The normalized spacial score (nSPS) is 10.5. The molecule has 0 fully saturated rings. The van der Waals surface area contributed by atoms with Gasteiger partial charge in [0.1, 0.15) is 11.6 Å². The minimum atomic E-state index is -0.507. The number of phenols is 1. The van der Waals surface area contributed by atoms with Gasteiger partial charge in [0.15, 0.2) is 0 Å². The number of nitrogens with zero attached hydrogens (tertiary/aromatic N) is 1. The summed E-state index contributed by atoms with van der Waals surface area (Å²) in [4.78, 5) is 14.2. The van der Waals surface area contributed by atoms with Gasteiger partial charge in [-0.2, -0.15) is 0 Å². The lowest BCUT2D eigenvalue weighted by Crippen LogP contribution is -2.35. The molecule has 3 aromatic rings. The van der Waals surface area contributed by atoms with Crippen LogP contribution in [0.5, 0.6) is 5.75 Å². The number of halogens is 2. The Labute approximate surface area is 165 Å². The Balaban J connectivity index is 1.97. The highest BCUT2D eigenvalue weighted by Crippen LogP contribution is 2.28. The number of aromatic hydroxyl groups is 1. The fraction of sp³-hybridized carbons (Fsp3) is 0.0952. The predicted molar refractivity (Wildman–Crippen MR) is 109 cm³/mol. The number of rotatable bonds is 4. The average molecular weight is 429 g/mol. The second-order valence-electron chi connectivity index (χ2n) is 6.11. The van der Waals surface area contributed by atoms with Crippen molar-refractivity contribution >= 4 is 33.3 Å². The molecule has 2 N–H and O–H groups in total. The molecule has 0 bridgehead atoms. The first-order valence-corrected chi connectivity index (χ1v) is 9.10. The second-order valence-corrected chi connectivity index (χ2v) is 7.03. The maximum Gasteiger partial charge on any atom is 0.326 e. The van der Waals surface area contributed by atoms with Crippen LogP contribution in [0.4, 0.5) is 20.6 Å². The highest BCUT2D eigenvalue weighted by molar-refractivity contribution is 9.10. The monoisotopic (exact) mass is 428 g/mol. The van der Waals surface area contributed by atoms with Crippen LogP contribution in [-0.2, 0) is 6.54 Å². The molecule has 3 aromatic carbocycles. The largest absolute Gasteiger partial charge is 0.508 e. The minimum absolute atomic E-state index is 0.00389. The van der Waals surface area contributed by atoms with Gasteiger partial charge in [-0.3, -0.25) is 4.90 Å². The summed E-state index contributed by atoms with van der Waals surface area (Å²) in [5, 5.41) is 12.9. The van der Waals surface area contributed by atoms with Gasteiger partial charge in [-0.05, 0) is 55.0 Å². The maximum atomic E-state index is 14.6. The molecule has 138 valence electrons. The van der Waals surface area contributed by atoms with Gasteiger partial charge in [-0.1, -0.05) is 40.2 Å². The number of benzene rings is 3. The van der Waals surface area contributed by atoms with E-state index >= 15 is 0 Å². The molecule has 27 heavy (non-hydrogen) atoms. The third kappa shape index (κ3) is 4.65. The van der Waals surface area contributed by atoms with Crippen molar-refractivity contribution in [2.75, 3.05) is 10.2 Å². The Morgan fingerprint density at radius 2 is 1.85 bits per heavy atom. The molecule has 0 radical (unpaired) electrons. The summed E-state index contributed by atoms with van der Waals surface area (Å²) in [5.41, 5.74) is 1.98. The molecule has 6 heteroatoms. The van der Waals surface area contributed by atoms with Gasteiger partial charge < -0.3 is 10.4 Å². The zero-order valence-electron chi connectivity index (χ0n) is 14.6. The van der Waals surface area contributed by atoms with Crippen molar-refractivity contribution in [1.29, 1.82) is 0 Å². The zero-order chi connectivity index (χ0) is 19.4. The number of nitrogens with one attached hydrogen (secondary N) is 1. The first-order valence-electron chi connectivity index (χ1n) is 8.31. The van der Waals surface area contributed by atoms with E-state index in [1.807, 2.05) is 6.07 Å². The van der Waals surface area contributed by atoms with Crippen LogP contribution in [0, 0.1) is 12.7 Å². The first-order chi connectivity index (χ1) is 12.9. The molecule has 0 aromatic heterocycles. The van der Waals surface area contributed by atoms with Crippen LogP contribution in [0.3, 0.4) is 0 Å². The minimum Gasteiger partial charge on any atom is -0.508 e. The molecule has 2 amide bonds. The first kappa shape index (κ1) is 18.9. The molecule has 0 atom stereocenters. The van der Waals surface area contributed by atoms with Gasteiger partial charge >= 0.3 is 6.03 Å². The summed E-state index contributed by atoms with van der Waals surface area (Å²) in [6, 6.07) is 18.0. The Kier molecular flexibility index (Phi) is 5.76. The lowest BCUT2D eigenvalue weighted by molar-refractivity contribution is 0.256. The molecule has 0 unspecified atom stereocenters. The summed E-state index contributed by atoms with van der Waals surface area (Å²) in [6.45, 7) is 1.78. The quantitative estimate of drug-likeness (QED) is 0.548. The number of phenolic OH excluding ortho intramolecular Hbond substituents is 1. The molecule has 0 saturated heterocycles. The van der Waals surface area contributed by atoms with Gasteiger partial charge in [-0.25, -0.2) is 9.18 Å². The Morgan fingerprint density at radius 1 is 1.11 bits per heavy atom. The van der Waals surface area contributed by atoms with Crippen LogP contribution < -0.4 is 10.2 Å². The number of carbonyl (C=O) groups is 1. The fourth-order valence-electron chi connectivity index (χ4n) is 2.66. The number of urea groups is 1. The number of aryl methyl sites for hydroxylation is 1. The molecule has 0 spiro atoms. The lowest BCUT2D eigenvalue weighted by Gasteiger charge is -2.24. The molecule has 0 saturated carbocycles. The standard InChI is InChI=1S/C21H18BrFN2O2/c1-14-7-9-19(18(23)11-14)25(13-15-12-16(22)8-10-20(15)26)21(27)24-17-5-3-2-4-6-17/h2-12,26H,13H2,1H3,(H,24,27). The summed E-state index contributed by atoms with van der Waals surface area (Å²) < 4.78 is 15.3. The third-order valence-corrected chi connectivity index (χ3v) is 4.53. The summed E-state index contributed by atoms with van der Waals surface area (Å²) in [5.74, 6) is -0.476. The molecule has 3 rings (SSSR count). The molecular weight excluding hydrogens is 411 g/mol. The average Bonchev–Trinajstić information content (AvgIpc) is 2.64. The summed E-state index contributed by atoms with van der Waals surface area (Å²) in [7, 11) is 0. The van der Waals surface area contributed by atoms with Crippen LogP contribution in [0.2, 0.25) is 0 Å². The van der Waals surface area contributed by atoms with E-state index in [-0.39, 0.29) is 18.0 Å². The number of hydrogen-bond acceptors (Lipinski definition) is 2. The molecule has 4 nitrogen and oxygen atoms in total. The number of amides is 2. The van der Waals surface area contributed by atoms with Crippen LogP contribution in [0.25, 0.3) is 0 Å². The lowest BCUT2D eigenvalue weighted by atomic mass is 10.1. The Morgan fingerprint density at radius 3 is 2.56 bits per heavy atom. The van der Waals surface area contributed by atoms with Gasteiger partial charge in [0.25, 0.3) is 0 Å². The van der Waals surface area contributed by atoms with E-state index in [2.05, 4.69) is 21.2 Å². The molecule has 0 aliphatic rings. The van der Waals surface area contributed by atoms with Gasteiger partial charge in [-0.15, -0.1) is 0 Å². The van der Waals surface area contributed by atoms with E-state index in [9.17, 15) is 14.3 Å². The smallest absolute Gasteiger partial charge is 0.326 e. The van der Waals surface area contributed by atoms with Gasteiger partial charge in [0.2, 0.25) is 0 Å². The number of carbonyl (C=O) groups excluding carboxylic acids is 1. The Hall–Kier alpha value is -2.86. The highest BCUT2D eigenvalue weighted by atomic mass is 79.9. The van der Waals surface area contributed by atoms with Crippen molar-refractivity contribution in [1.82, 2.24) is 0 Å². The van der Waals surface area contributed by atoms with Crippen molar-refractivity contribution in [3.05, 3.63) is 88.1 Å². The van der Waals surface area contributed by atoms with Crippen molar-refractivity contribution in [3.63, 3.8) is 0 Å². The summed E-state index contributed by atoms with van der Waals surface area (Å²) in [6.07, 6.45) is 0. The topological polar surface area (TPSA) is 52.6 Å². The second kappa shape index (κ2) is 8.22. The highest BCUT2D eigenvalue weighted by Gasteiger charge is 2.21. The van der Waals surface area contributed by atoms with E-state index in [4.69, 9.17) is 0 Å². The SMILES string of the molecule is Cc1ccc(N(Cc2cc(Br)ccc2O)C(=O)Nc2ccccc2)c(F)c1.